The van der Waals surface area contributed by atoms with Crippen molar-refractivity contribution >= 4 is 11.7 Å². The molecule has 0 radical (unpaired) electrons. The third-order valence-corrected chi connectivity index (χ3v) is 3.11. The SMILES string of the molecule is Cc1ccc(NC(=O)NC2CCCCC2)cn1. The highest BCUT2D eigenvalue weighted by Crippen LogP contribution is 2.17. The molecule has 0 bridgehead atoms. The van der Waals surface area contributed by atoms with E-state index in [0.29, 0.717) is 6.04 Å². The molecular formula is C13H19N3O. The summed E-state index contributed by atoms with van der Waals surface area (Å²) in [6.45, 7) is 1.92. The van der Waals surface area contributed by atoms with Crippen molar-refractivity contribution in [3.8, 4) is 0 Å². The van der Waals surface area contributed by atoms with Crippen LogP contribution in [0, 0.1) is 6.92 Å². The molecule has 2 amide bonds. The lowest BCUT2D eigenvalue weighted by molar-refractivity contribution is 0.244. The number of rotatable bonds is 2. The van der Waals surface area contributed by atoms with Gasteiger partial charge in [-0.25, -0.2) is 4.79 Å². The molecular weight excluding hydrogens is 214 g/mol. The van der Waals surface area contributed by atoms with Gasteiger partial charge in [-0.3, -0.25) is 4.98 Å². The number of anilines is 1. The minimum Gasteiger partial charge on any atom is -0.335 e. The number of nitrogens with one attached hydrogen (secondary N) is 2. The molecule has 0 saturated heterocycles. The van der Waals surface area contributed by atoms with E-state index in [1.807, 2.05) is 19.1 Å². The maximum atomic E-state index is 11.7. The number of amides is 2. The second-order valence-electron chi connectivity index (χ2n) is 4.62. The Balaban J connectivity index is 1.82. The van der Waals surface area contributed by atoms with Gasteiger partial charge in [-0.2, -0.15) is 0 Å². The Kier molecular flexibility index (Phi) is 3.96. The molecule has 4 nitrogen and oxygen atoms in total. The first-order valence-electron chi connectivity index (χ1n) is 6.24. The van der Waals surface area contributed by atoms with Crippen LogP contribution in [0.1, 0.15) is 37.8 Å². The molecule has 0 aromatic carbocycles. The number of carbonyl (C=O) groups excluding carboxylic acids is 1. The fourth-order valence-corrected chi connectivity index (χ4v) is 2.14. The number of urea groups is 1. The number of aryl methyl sites for hydroxylation is 1. The van der Waals surface area contributed by atoms with Crippen LogP contribution in [0.3, 0.4) is 0 Å². The standard InChI is InChI=1S/C13H19N3O/c1-10-7-8-12(9-14-10)16-13(17)15-11-5-3-2-4-6-11/h7-9,11H,2-6H2,1H3,(H2,15,16,17). The van der Waals surface area contributed by atoms with Crippen molar-refractivity contribution in [3.05, 3.63) is 24.0 Å². The number of carbonyl (C=O) groups is 1. The summed E-state index contributed by atoms with van der Waals surface area (Å²) in [4.78, 5) is 15.9. The van der Waals surface area contributed by atoms with Crippen LogP contribution in [-0.4, -0.2) is 17.1 Å². The van der Waals surface area contributed by atoms with E-state index in [2.05, 4.69) is 15.6 Å². The smallest absolute Gasteiger partial charge is 0.319 e. The van der Waals surface area contributed by atoms with Crippen molar-refractivity contribution in [3.63, 3.8) is 0 Å². The summed E-state index contributed by atoms with van der Waals surface area (Å²) < 4.78 is 0. The van der Waals surface area contributed by atoms with Crippen LogP contribution in [-0.2, 0) is 0 Å². The normalized spacial score (nSPS) is 16.5. The Morgan fingerprint density at radius 3 is 2.71 bits per heavy atom. The summed E-state index contributed by atoms with van der Waals surface area (Å²) in [7, 11) is 0. The number of aromatic nitrogens is 1. The molecule has 1 aromatic heterocycles. The van der Waals surface area contributed by atoms with Crippen LogP contribution in [0.4, 0.5) is 10.5 Å². The predicted octanol–water partition coefficient (Wildman–Crippen LogP) is 2.84. The Morgan fingerprint density at radius 1 is 1.29 bits per heavy atom. The monoisotopic (exact) mass is 233 g/mol. The summed E-state index contributed by atoms with van der Waals surface area (Å²) >= 11 is 0. The van der Waals surface area contributed by atoms with Gasteiger partial charge in [-0.1, -0.05) is 19.3 Å². The van der Waals surface area contributed by atoms with Crippen LogP contribution in [0.5, 0.6) is 0 Å². The molecule has 0 unspecified atom stereocenters. The molecule has 2 rings (SSSR count). The Labute approximate surface area is 102 Å². The van der Waals surface area contributed by atoms with Gasteiger partial charge in [0.25, 0.3) is 0 Å². The molecule has 1 heterocycles. The Morgan fingerprint density at radius 2 is 2.06 bits per heavy atom. The quantitative estimate of drug-likeness (QED) is 0.825. The highest BCUT2D eigenvalue weighted by molar-refractivity contribution is 5.89. The highest BCUT2D eigenvalue weighted by atomic mass is 16.2. The van der Waals surface area contributed by atoms with Gasteiger partial charge < -0.3 is 10.6 Å². The minimum absolute atomic E-state index is 0.123. The summed E-state index contributed by atoms with van der Waals surface area (Å²) in [5.74, 6) is 0. The van der Waals surface area contributed by atoms with Gasteiger partial charge >= 0.3 is 6.03 Å². The largest absolute Gasteiger partial charge is 0.335 e. The van der Waals surface area contributed by atoms with E-state index in [1.54, 1.807) is 6.20 Å². The topological polar surface area (TPSA) is 54.0 Å². The number of pyridine rings is 1. The fourth-order valence-electron chi connectivity index (χ4n) is 2.14. The maximum Gasteiger partial charge on any atom is 0.319 e. The first-order chi connectivity index (χ1) is 8.24. The molecule has 17 heavy (non-hydrogen) atoms. The first-order valence-corrected chi connectivity index (χ1v) is 6.24. The van der Waals surface area contributed by atoms with Gasteiger partial charge in [0, 0.05) is 11.7 Å². The van der Waals surface area contributed by atoms with Gasteiger partial charge in [0.1, 0.15) is 0 Å². The summed E-state index contributed by atoms with van der Waals surface area (Å²) in [5, 5.41) is 5.81. The second-order valence-corrected chi connectivity index (χ2v) is 4.62. The van der Waals surface area contributed by atoms with Gasteiger partial charge in [0.05, 0.1) is 11.9 Å². The van der Waals surface area contributed by atoms with Crippen molar-refractivity contribution in [2.75, 3.05) is 5.32 Å². The van der Waals surface area contributed by atoms with Crippen LogP contribution in [0.25, 0.3) is 0 Å². The van der Waals surface area contributed by atoms with E-state index in [0.717, 1.165) is 24.2 Å². The van der Waals surface area contributed by atoms with E-state index in [-0.39, 0.29) is 6.03 Å². The molecule has 0 spiro atoms. The van der Waals surface area contributed by atoms with Gasteiger partial charge in [-0.15, -0.1) is 0 Å². The molecule has 1 aromatic rings. The van der Waals surface area contributed by atoms with Crippen molar-refractivity contribution in [1.82, 2.24) is 10.3 Å². The molecule has 1 fully saturated rings. The average Bonchev–Trinajstić information content (AvgIpc) is 2.33. The number of nitrogens with zero attached hydrogens (tertiary/aromatic N) is 1. The lowest BCUT2D eigenvalue weighted by atomic mass is 9.96. The van der Waals surface area contributed by atoms with Crippen molar-refractivity contribution in [2.24, 2.45) is 0 Å². The molecule has 0 atom stereocenters. The molecule has 92 valence electrons. The number of hydrogen-bond acceptors (Lipinski definition) is 2. The zero-order chi connectivity index (χ0) is 12.1. The Hall–Kier alpha value is -1.58. The van der Waals surface area contributed by atoms with E-state index in [4.69, 9.17) is 0 Å². The molecule has 1 aliphatic rings. The molecule has 0 aliphatic heterocycles. The fraction of sp³-hybridized carbons (Fsp3) is 0.538. The van der Waals surface area contributed by atoms with Crippen LogP contribution in [0.2, 0.25) is 0 Å². The first kappa shape index (κ1) is 11.9. The van der Waals surface area contributed by atoms with E-state index >= 15 is 0 Å². The van der Waals surface area contributed by atoms with Crippen molar-refractivity contribution < 1.29 is 4.79 Å². The van der Waals surface area contributed by atoms with Crippen LogP contribution < -0.4 is 10.6 Å². The summed E-state index contributed by atoms with van der Waals surface area (Å²) in [6.07, 6.45) is 7.60. The lowest BCUT2D eigenvalue weighted by Gasteiger charge is -2.22. The van der Waals surface area contributed by atoms with Crippen molar-refractivity contribution in [2.45, 2.75) is 45.1 Å². The van der Waals surface area contributed by atoms with Gasteiger partial charge in [0.2, 0.25) is 0 Å². The van der Waals surface area contributed by atoms with E-state index in [1.165, 1.54) is 19.3 Å². The molecule has 2 N–H and O–H groups in total. The lowest BCUT2D eigenvalue weighted by Crippen LogP contribution is -2.39. The van der Waals surface area contributed by atoms with E-state index < -0.39 is 0 Å². The third-order valence-electron chi connectivity index (χ3n) is 3.11. The van der Waals surface area contributed by atoms with Gasteiger partial charge in [0.15, 0.2) is 0 Å². The number of hydrogen-bond donors (Lipinski definition) is 2. The molecule has 4 heteroatoms. The third kappa shape index (κ3) is 3.73. The van der Waals surface area contributed by atoms with Crippen molar-refractivity contribution in [1.29, 1.82) is 0 Å². The predicted molar refractivity (Wildman–Crippen MR) is 68.0 cm³/mol. The summed E-state index contributed by atoms with van der Waals surface area (Å²) in [5.41, 5.74) is 1.69. The summed E-state index contributed by atoms with van der Waals surface area (Å²) in [6, 6.07) is 3.96. The Bertz CT molecular complexity index is 369. The average molecular weight is 233 g/mol. The minimum atomic E-state index is -0.123. The maximum absolute atomic E-state index is 11.7. The zero-order valence-corrected chi connectivity index (χ0v) is 10.2. The highest BCUT2D eigenvalue weighted by Gasteiger charge is 2.15. The zero-order valence-electron chi connectivity index (χ0n) is 10.2. The van der Waals surface area contributed by atoms with E-state index in [9.17, 15) is 4.79 Å². The van der Waals surface area contributed by atoms with Crippen LogP contribution >= 0.6 is 0 Å². The van der Waals surface area contributed by atoms with Gasteiger partial charge in [-0.05, 0) is 31.9 Å². The molecule has 1 aliphatic carbocycles. The second kappa shape index (κ2) is 5.66. The molecule has 1 saturated carbocycles. The van der Waals surface area contributed by atoms with Crippen LogP contribution in [0.15, 0.2) is 18.3 Å².